The van der Waals surface area contributed by atoms with Crippen molar-refractivity contribution in [1.29, 1.82) is 5.26 Å². The monoisotopic (exact) mass is 796 g/mol. The molecule has 4 nitrogen and oxygen atoms in total. The Morgan fingerprint density at radius 1 is 0.419 bits per heavy atom. The Kier molecular flexibility index (Phi) is 8.54. The molecule has 0 radical (unpaired) electrons. The third kappa shape index (κ3) is 6.22. The molecule has 0 aliphatic heterocycles. The molecule has 4 aliphatic carbocycles. The number of nitriles is 1. The molecule has 296 valence electrons. The van der Waals surface area contributed by atoms with E-state index in [0.29, 0.717) is 23.0 Å². The van der Waals surface area contributed by atoms with Gasteiger partial charge in [0.15, 0.2) is 17.5 Å². The molecular formula is C58H44N4. The van der Waals surface area contributed by atoms with Crippen LogP contribution in [0.2, 0.25) is 0 Å². The second-order valence-electron chi connectivity index (χ2n) is 18.3. The predicted molar refractivity (Wildman–Crippen MR) is 251 cm³/mol. The Morgan fingerprint density at radius 2 is 0.984 bits per heavy atom. The van der Waals surface area contributed by atoms with E-state index in [1.165, 1.54) is 77.1 Å². The molecule has 2 atom stereocenters. The number of benzene rings is 8. The van der Waals surface area contributed by atoms with Gasteiger partial charge in [0.1, 0.15) is 0 Å². The van der Waals surface area contributed by atoms with Crippen molar-refractivity contribution in [2.75, 3.05) is 0 Å². The number of fused-ring (bicyclic) bond motifs is 2. The largest absolute Gasteiger partial charge is 0.208 e. The number of hydrogen-bond acceptors (Lipinski definition) is 4. The van der Waals surface area contributed by atoms with E-state index in [2.05, 4.69) is 158 Å². The van der Waals surface area contributed by atoms with Crippen LogP contribution < -0.4 is 0 Å². The molecule has 1 aromatic heterocycles. The van der Waals surface area contributed by atoms with E-state index in [1.807, 2.05) is 30.3 Å². The fraction of sp³-hybridized carbons (Fsp3) is 0.172. The zero-order valence-corrected chi connectivity index (χ0v) is 34.5. The summed E-state index contributed by atoms with van der Waals surface area (Å²) in [5.41, 5.74) is 11.9. The molecule has 0 saturated heterocycles. The van der Waals surface area contributed by atoms with Crippen molar-refractivity contribution < 1.29 is 0 Å². The van der Waals surface area contributed by atoms with Gasteiger partial charge in [0.25, 0.3) is 0 Å². The van der Waals surface area contributed by atoms with Crippen LogP contribution in [0.15, 0.2) is 182 Å². The van der Waals surface area contributed by atoms with E-state index in [9.17, 15) is 5.26 Å². The van der Waals surface area contributed by atoms with Gasteiger partial charge in [-0.3, -0.25) is 0 Å². The summed E-state index contributed by atoms with van der Waals surface area (Å²) >= 11 is 0. The highest BCUT2D eigenvalue weighted by atomic mass is 15.0. The fourth-order valence-corrected chi connectivity index (χ4v) is 12.1. The number of hydrogen-bond donors (Lipinski definition) is 0. The van der Waals surface area contributed by atoms with Crippen LogP contribution >= 0.6 is 0 Å². The number of rotatable bonds is 7. The average Bonchev–Trinajstić information content (AvgIpc) is 3.33. The standard InChI is InChI=1S/C58H44N4/c59-36-38-17-19-42(20-18-38)43-23-25-48(26-24-43)57-32-39-29-40(33-57)35-58(34-39,37-57)49-14-8-13-46(31-49)50-27-28-53(52-16-7-6-15-51(50)52)56-61-54(44-10-2-1-3-11-44)60-55(62-56)47-22-21-41-9-4-5-12-45(41)30-47/h1-28,30-31,39-40H,29,32-35,37H2. The highest BCUT2D eigenvalue weighted by Gasteiger charge is 2.58. The van der Waals surface area contributed by atoms with Gasteiger partial charge in [-0.05, 0) is 140 Å². The molecule has 62 heavy (non-hydrogen) atoms. The lowest BCUT2D eigenvalue weighted by atomic mass is 9.41. The van der Waals surface area contributed by atoms with Crippen LogP contribution in [0.3, 0.4) is 0 Å². The summed E-state index contributed by atoms with van der Waals surface area (Å²) in [5, 5.41) is 14.0. The van der Waals surface area contributed by atoms with Crippen molar-refractivity contribution in [2.24, 2.45) is 11.8 Å². The highest BCUT2D eigenvalue weighted by molar-refractivity contribution is 6.04. The van der Waals surface area contributed by atoms with Gasteiger partial charge in [0.05, 0.1) is 11.6 Å². The van der Waals surface area contributed by atoms with Crippen molar-refractivity contribution in [1.82, 2.24) is 15.0 Å². The Bertz CT molecular complexity index is 3200. The smallest absolute Gasteiger partial charge is 0.164 e. The third-order valence-corrected chi connectivity index (χ3v) is 14.5. The number of nitrogens with zero attached hydrogens (tertiary/aromatic N) is 4. The first-order chi connectivity index (χ1) is 30.5. The van der Waals surface area contributed by atoms with Gasteiger partial charge in [-0.15, -0.1) is 0 Å². The maximum atomic E-state index is 9.30. The van der Waals surface area contributed by atoms with E-state index in [-0.39, 0.29) is 10.8 Å². The molecule has 0 N–H and O–H groups in total. The Hall–Kier alpha value is -7.22. The molecular weight excluding hydrogens is 753 g/mol. The molecule has 2 unspecified atom stereocenters. The highest BCUT2D eigenvalue weighted by Crippen LogP contribution is 2.66. The van der Waals surface area contributed by atoms with Crippen molar-refractivity contribution in [2.45, 2.75) is 49.4 Å². The summed E-state index contributed by atoms with van der Waals surface area (Å²) in [6.07, 6.45) is 7.71. The van der Waals surface area contributed by atoms with Gasteiger partial charge in [0.2, 0.25) is 0 Å². The molecule has 4 heteroatoms. The molecule has 8 aromatic carbocycles. The second kappa shape index (κ2) is 14.5. The quantitative estimate of drug-likeness (QED) is 0.161. The molecule has 9 aromatic rings. The Labute approximate surface area is 362 Å². The minimum Gasteiger partial charge on any atom is -0.208 e. The van der Waals surface area contributed by atoms with E-state index in [1.54, 1.807) is 0 Å². The van der Waals surface area contributed by atoms with E-state index >= 15 is 0 Å². The number of aromatic nitrogens is 3. The van der Waals surface area contributed by atoms with Gasteiger partial charge in [-0.2, -0.15) is 5.26 Å². The topological polar surface area (TPSA) is 62.5 Å². The maximum absolute atomic E-state index is 9.30. The first-order valence-corrected chi connectivity index (χ1v) is 22.1. The minimum absolute atomic E-state index is 0.166. The first-order valence-electron chi connectivity index (χ1n) is 22.1. The van der Waals surface area contributed by atoms with Crippen molar-refractivity contribution in [3.8, 4) is 62.5 Å². The first kappa shape index (κ1) is 36.6. The van der Waals surface area contributed by atoms with Crippen molar-refractivity contribution in [3.63, 3.8) is 0 Å². The van der Waals surface area contributed by atoms with Crippen molar-refractivity contribution >= 4 is 21.5 Å². The zero-order valence-electron chi connectivity index (χ0n) is 34.5. The summed E-state index contributed by atoms with van der Waals surface area (Å²) in [7, 11) is 0. The molecule has 13 rings (SSSR count). The fourth-order valence-electron chi connectivity index (χ4n) is 12.1. The zero-order chi connectivity index (χ0) is 41.3. The normalized spacial score (nSPS) is 21.3. The summed E-state index contributed by atoms with van der Waals surface area (Å²) in [4.78, 5) is 15.4. The van der Waals surface area contributed by atoms with Crippen LogP contribution in [0.4, 0.5) is 0 Å². The van der Waals surface area contributed by atoms with E-state index < -0.39 is 0 Å². The third-order valence-electron chi connectivity index (χ3n) is 14.5. The van der Waals surface area contributed by atoms with Crippen LogP contribution in [0.5, 0.6) is 0 Å². The van der Waals surface area contributed by atoms with E-state index in [0.717, 1.165) is 44.9 Å². The lowest BCUT2D eigenvalue weighted by Gasteiger charge is -2.63. The van der Waals surface area contributed by atoms with Gasteiger partial charge in [0, 0.05) is 16.7 Å². The Balaban J connectivity index is 0.915. The molecule has 0 amide bonds. The van der Waals surface area contributed by atoms with E-state index in [4.69, 9.17) is 15.0 Å². The molecule has 4 fully saturated rings. The van der Waals surface area contributed by atoms with Gasteiger partial charge < -0.3 is 0 Å². The molecule has 0 spiro atoms. The second-order valence-corrected chi connectivity index (χ2v) is 18.3. The predicted octanol–water partition coefficient (Wildman–Crippen LogP) is 14.2. The van der Waals surface area contributed by atoms with Gasteiger partial charge in [-0.1, -0.05) is 158 Å². The summed E-state index contributed by atoms with van der Waals surface area (Å²) in [6, 6.07) is 67.6. The molecule has 1 heterocycles. The molecule has 4 saturated carbocycles. The molecule has 4 bridgehead atoms. The maximum Gasteiger partial charge on any atom is 0.164 e. The van der Waals surface area contributed by atoms with Crippen LogP contribution in [0.25, 0.3) is 78.0 Å². The van der Waals surface area contributed by atoms with Crippen LogP contribution in [-0.4, -0.2) is 15.0 Å². The average molecular weight is 797 g/mol. The minimum atomic E-state index is 0.166. The Morgan fingerprint density at radius 3 is 1.71 bits per heavy atom. The molecule has 4 aliphatic rings. The lowest BCUT2D eigenvalue weighted by molar-refractivity contribution is -0.0281. The van der Waals surface area contributed by atoms with Crippen LogP contribution in [0.1, 0.15) is 55.2 Å². The summed E-state index contributed by atoms with van der Waals surface area (Å²) < 4.78 is 0. The van der Waals surface area contributed by atoms with Crippen LogP contribution in [-0.2, 0) is 10.8 Å². The van der Waals surface area contributed by atoms with Crippen molar-refractivity contribution in [3.05, 3.63) is 199 Å². The SMILES string of the molecule is N#Cc1ccc(-c2ccc(C34CC5CC(C3)CC(c3cccc(-c6ccc(-c7nc(-c8ccccc8)nc(-c8ccc9ccccc9c8)n7)c7ccccc67)c3)(C5)C4)cc2)cc1. The lowest BCUT2D eigenvalue weighted by Crippen LogP contribution is -2.55. The van der Waals surface area contributed by atoms with Crippen LogP contribution in [0, 0.1) is 23.2 Å². The van der Waals surface area contributed by atoms with Gasteiger partial charge in [-0.25, -0.2) is 15.0 Å². The summed E-state index contributed by atoms with van der Waals surface area (Å²) in [5.74, 6) is 3.49. The van der Waals surface area contributed by atoms with Gasteiger partial charge >= 0.3 is 0 Å². The summed E-state index contributed by atoms with van der Waals surface area (Å²) in [6.45, 7) is 0.